The second-order valence-corrected chi connectivity index (χ2v) is 5.77. The number of carboxylic acids is 1. The van der Waals surface area contributed by atoms with Crippen molar-refractivity contribution in [2.24, 2.45) is 0 Å². The highest BCUT2D eigenvalue weighted by Gasteiger charge is 2.14. The van der Waals surface area contributed by atoms with Gasteiger partial charge in [0.25, 0.3) is 5.91 Å². The fourth-order valence-electron chi connectivity index (χ4n) is 1.88. The summed E-state index contributed by atoms with van der Waals surface area (Å²) in [6.45, 7) is 0.802. The zero-order chi connectivity index (χ0) is 15.4. The summed E-state index contributed by atoms with van der Waals surface area (Å²) in [6.07, 6.45) is 0. The number of anilines is 1. The lowest BCUT2D eigenvalue weighted by molar-refractivity contribution is 0.0698. The Morgan fingerprint density at radius 1 is 1.19 bits per heavy atom. The molecular weight excluding hydrogens is 288 g/mol. The fourth-order valence-corrected chi connectivity index (χ4v) is 2.65. The fraction of sp³-hybridized carbons (Fsp3) is 0.200. The first-order valence-corrected chi connectivity index (χ1v) is 7.21. The standard InChI is InChI=1S/C15H16N2O3S/c1-17(2)9-10-3-5-11(6-4-10)13(18)16-14-12(15(19)20)7-8-21-14/h3-8H,9H2,1-2H3,(H,16,18)(H,19,20). The summed E-state index contributed by atoms with van der Waals surface area (Å²) in [5.41, 5.74) is 1.72. The molecule has 1 aromatic heterocycles. The summed E-state index contributed by atoms with van der Waals surface area (Å²) in [5, 5.41) is 13.6. The van der Waals surface area contributed by atoms with Crippen LogP contribution < -0.4 is 5.32 Å². The van der Waals surface area contributed by atoms with E-state index in [2.05, 4.69) is 5.32 Å². The van der Waals surface area contributed by atoms with Gasteiger partial charge < -0.3 is 15.3 Å². The van der Waals surface area contributed by atoms with Gasteiger partial charge in [-0.25, -0.2) is 4.79 Å². The summed E-state index contributed by atoms with van der Waals surface area (Å²) in [5.74, 6) is -1.36. The molecule has 0 aliphatic heterocycles. The summed E-state index contributed by atoms with van der Waals surface area (Å²) in [6, 6.07) is 8.73. The van der Waals surface area contributed by atoms with Crippen LogP contribution in [-0.4, -0.2) is 36.0 Å². The van der Waals surface area contributed by atoms with E-state index in [0.29, 0.717) is 10.6 Å². The number of aromatic carboxylic acids is 1. The molecule has 2 N–H and O–H groups in total. The Morgan fingerprint density at radius 3 is 2.43 bits per heavy atom. The molecule has 1 heterocycles. The number of carbonyl (C=O) groups is 2. The maximum atomic E-state index is 12.1. The molecule has 1 aromatic carbocycles. The first kappa shape index (κ1) is 15.2. The van der Waals surface area contributed by atoms with Crippen LogP contribution in [0, 0.1) is 0 Å². The largest absolute Gasteiger partial charge is 0.478 e. The molecule has 5 nitrogen and oxygen atoms in total. The van der Waals surface area contributed by atoms with Gasteiger partial charge in [-0.3, -0.25) is 4.79 Å². The van der Waals surface area contributed by atoms with Gasteiger partial charge in [0, 0.05) is 12.1 Å². The average molecular weight is 304 g/mol. The molecule has 2 aromatic rings. The molecule has 0 aliphatic carbocycles. The van der Waals surface area contributed by atoms with Crippen LogP contribution in [0.15, 0.2) is 35.7 Å². The van der Waals surface area contributed by atoms with Crippen molar-refractivity contribution in [3.63, 3.8) is 0 Å². The van der Waals surface area contributed by atoms with E-state index in [9.17, 15) is 9.59 Å². The Morgan fingerprint density at radius 2 is 1.86 bits per heavy atom. The molecule has 21 heavy (non-hydrogen) atoms. The highest BCUT2D eigenvalue weighted by atomic mass is 32.1. The molecule has 2 rings (SSSR count). The van der Waals surface area contributed by atoms with E-state index in [4.69, 9.17) is 5.11 Å². The van der Waals surface area contributed by atoms with Crippen molar-refractivity contribution in [2.75, 3.05) is 19.4 Å². The van der Waals surface area contributed by atoms with E-state index < -0.39 is 5.97 Å². The van der Waals surface area contributed by atoms with Crippen molar-refractivity contribution >= 4 is 28.2 Å². The van der Waals surface area contributed by atoms with Crippen LogP contribution in [0.2, 0.25) is 0 Å². The highest BCUT2D eigenvalue weighted by molar-refractivity contribution is 7.14. The highest BCUT2D eigenvalue weighted by Crippen LogP contribution is 2.23. The summed E-state index contributed by atoms with van der Waals surface area (Å²) >= 11 is 1.19. The summed E-state index contributed by atoms with van der Waals surface area (Å²) in [7, 11) is 3.95. The minimum atomic E-state index is -1.05. The van der Waals surface area contributed by atoms with Crippen molar-refractivity contribution in [1.29, 1.82) is 0 Å². The van der Waals surface area contributed by atoms with Gasteiger partial charge in [-0.15, -0.1) is 11.3 Å². The Labute approximate surface area is 126 Å². The zero-order valence-corrected chi connectivity index (χ0v) is 12.6. The van der Waals surface area contributed by atoms with Crippen molar-refractivity contribution in [3.8, 4) is 0 Å². The van der Waals surface area contributed by atoms with E-state index in [1.807, 2.05) is 31.1 Å². The third kappa shape index (κ3) is 3.90. The predicted octanol–water partition coefficient (Wildman–Crippen LogP) is 2.76. The van der Waals surface area contributed by atoms with E-state index in [1.165, 1.54) is 17.4 Å². The number of thiophene rings is 1. The SMILES string of the molecule is CN(C)Cc1ccc(C(=O)Nc2sccc2C(=O)O)cc1. The van der Waals surface area contributed by atoms with Gasteiger partial charge in [0.15, 0.2) is 0 Å². The first-order valence-electron chi connectivity index (χ1n) is 6.33. The third-order valence-electron chi connectivity index (χ3n) is 2.84. The van der Waals surface area contributed by atoms with Crippen LogP contribution in [0.3, 0.4) is 0 Å². The number of rotatable bonds is 5. The smallest absolute Gasteiger partial charge is 0.338 e. The number of hydrogen-bond acceptors (Lipinski definition) is 4. The van der Waals surface area contributed by atoms with Gasteiger partial charge in [0.2, 0.25) is 0 Å². The molecule has 6 heteroatoms. The molecule has 0 saturated heterocycles. The van der Waals surface area contributed by atoms with Crippen LogP contribution in [-0.2, 0) is 6.54 Å². The lowest BCUT2D eigenvalue weighted by Crippen LogP contribution is -2.14. The van der Waals surface area contributed by atoms with Gasteiger partial charge >= 0.3 is 5.97 Å². The van der Waals surface area contributed by atoms with E-state index in [-0.39, 0.29) is 11.5 Å². The van der Waals surface area contributed by atoms with Crippen LogP contribution >= 0.6 is 11.3 Å². The Bertz CT molecular complexity index is 647. The van der Waals surface area contributed by atoms with E-state index >= 15 is 0 Å². The molecule has 1 amide bonds. The normalized spacial score (nSPS) is 10.6. The summed E-state index contributed by atoms with van der Waals surface area (Å²) in [4.78, 5) is 25.2. The number of benzene rings is 1. The summed E-state index contributed by atoms with van der Waals surface area (Å²) < 4.78 is 0. The van der Waals surface area contributed by atoms with E-state index in [0.717, 1.165) is 12.1 Å². The molecule has 0 atom stereocenters. The molecule has 0 spiro atoms. The number of hydrogen-bond donors (Lipinski definition) is 2. The van der Waals surface area contributed by atoms with Gasteiger partial charge in [-0.2, -0.15) is 0 Å². The van der Waals surface area contributed by atoms with Crippen molar-refractivity contribution < 1.29 is 14.7 Å². The quantitative estimate of drug-likeness (QED) is 0.891. The van der Waals surface area contributed by atoms with Gasteiger partial charge in [-0.05, 0) is 43.2 Å². The van der Waals surface area contributed by atoms with Crippen LogP contribution in [0.1, 0.15) is 26.3 Å². The molecule has 0 bridgehead atoms. The average Bonchev–Trinajstić information content (AvgIpc) is 2.87. The first-order chi connectivity index (χ1) is 9.97. The second-order valence-electron chi connectivity index (χ2n) is 4.86. The molecule has 0 unspecified atom stereocenters. The number of carbonyl (C=O) groups excluding carboxylic acids is 1. The van der Waals surface area contributed by atoms with Crippen LogP contribution in [0.25, 0.3) is 0 Å². The zero-order valence-electron chi connectivity index (χ0n) is 11.8. The Hall–Kier alpha value is -2.18. The van der Waals surface area contributed by atoms with Crippen molar-refractivity contribution in [2.45, 2.75) is 6.54 Å². The minimum absolute atomic E-state index is 0.109. The maximum absolute atomic E-state index is 12.1. The minimum Gasteiger partial charge on any atom is -0.478 e. The lowest BCUT2D eigenvalue weighted by atomic mass is 10.1. The molecule has 0 aliphatic rings. The number of nitrogens with zero attached hydrogens (tertiary/aromatic N) is 1. The maximum Gasteiger partial charge on any atom is 0.338 e. The predicted molar refractivity (Wildman–Crippen MR) is 83.1 cm³/mol. The molecule has 0 radical (unpaired) electrons. The lowest BCUT2D eigenvalue weighted by Gasteiger charge is -2.10. The van der Waals surface area contributed by atoms with Crippen LogP contribution in [0.4, 0.5) is 5.00 Å². The Balaban J connectivity index is 2.10. The number of amides is 1. The van der Waals surface area contributed by atoms with Gasteiger partial charge in [-0.1, -0.05) is 12.1 Å². The molecular formula is C15H16N2O3S. The molecule has 110 valence electrons. The Kier molecular flexibility index (Phi) is 4.72. The van der Waals surface area contributed by atoms with Gasteiger partial charge in [0.05, 0.1) is 5.56 Å². The monoisotopic (exact) mass is 304 g/mol. The van der Waals surface area contributed by atoms with Gasteiger partial charge in [0.1, 0.15) is 5.00 Å². The molecule has 0 fully saturated rings. The number of carboxylic acid groups (broad SMARTS) is 1. The second kappa shape index (κ2) is 6.51. The van der Waals surface area contributed by atoms with Crippen molar-refractivity contribution in [3.05, 3.63) is 52.4 Å². The van der Waals surface area contributed by atoms with Crippen molar-refractivity contribution in [1.82, 2.24) is 4.90 Å². The topological polar surface area (TPSA) is 69.6 Å². The number of nitrogens with one attached hydrogen (secondary N) is 1. The third-order valence-corrected chi connectivity index (χ3v) is 3.67. The van der Waals surface area contributed by atoms with E-state index in [1.54, 1.807) is 17.5 Å². The molecule has 0 saturated carbocycles. The van der Waals surface area contributed by atoms with Crippen LogP contribution in [0.5, 0.6) is 0 Å².